The minimum atomic E-state index is -0.871. The van der Waals surface area contributed by atoms with E-state index in [4.69, 9.17) is 0 Å². The first-order chi connectivity index (χ1) is 13.2. The number of aromatic nitrogens is 3. The zero-order valence-electron chi connectivity index (χ0n) is 16.1. The maximum Gasteiger partial charge on any atom is 0.332 e. The van der Waals surface area contributed by atoms with Gasteiger partial charge in [0.05, 0.1) is 10.8 Å². The van der Waals surface area contributed by atoms with Crippen molar-refractivity contribution in [2.45, 2.75) is 26.2 Å². The van der Waals surface area contributed by atoms with Gasteiger partial charge in [-0.15, -0.1) is 0 Å². The normalized spacial score (nSPS) is 24.0. The average molecular weight is 386 g/mol. The van der Waals surface area contributed by atoms with Crippen molar-refractivity contribution >= 4 is 22.9 Å². The Bertz CT molecular complexity index is 1150. The molecule has 28 heavy (non-hydrogen) atoms. The maximum atomic E-state index is 13.1. The predicted molar refractivity (Wildman–Crippen MR) is 100 cm³/mol. The first-order valence-electron chi connectivity index (χ1n) is 9.27. The molecular weight excluding hydrogens is 364 g/mol. The second-order valence-electron chi connectivity index (χ2n) is 7.96. The van der Waals surface area contributed by atoms with Gasteiger partial charge in [-0.3, -0.25) is 23.5 Å². The van der Waals surface area contributed by atoms with E-state index < -0.39 is 22.6 Å². The van der Waals surface area contributed by atoms with E-state index in [1.54, 1.807) is 11.8 Å². The van der Waals surface area contributed by atoms with E-state index in [0.29, 0.717) is 23.9 Å². The molecule has 2 aromatic heterocycles. The molecule has 0 spiro atoms. The number of nitrogens with zero attached hydrogens (tertiary/aromatic N) is 4. The van der Waals surface area contributed by atoms with Crippen LogP contribution in [0.3, 0.4) is 0 Å². The van der Waals surface area contributed by atoms with Gasteiger partial charge in [-0.05, 0) is 37.3 Å². The van der Waals surface area contributed by atoms with Gasteiger partial charge in [-0.1, -0.05) is 6.42 Å². The fourth-order valence-corrected chi connectivity index (χ4v) is 4.80. The lowest BCUT2D eigenvalue weighted by molar-refractivity contribution is -0.149. The predicted octanol–water partition coefficient (Wildman–Crippen LogP) is 0.268. The largest absolute Gasteiger partial charge is 0.481 e. The van der Waals surface area contributed by atoms with Gasteiger partial charge in [0.2, 0.25) is 0 Å². The van der Waals surface area contributed by atoms with Crippen LogP contribution in [0.25, 0.3) is 11.0 Å². The highest BCUT2D eigenvalue weighted by molar-refractivity contribution is 5.96. The molecule has 9 heteroatoms. The molecule has 1 aliphatic heterocycles. The van der Waals surface area contributed by atoms with Crippen molar-refractivity contribution in [2.24, 2.45) is 25.4 Å². The lowest BCUT2D eigenvalue weighted by Crippen LogP contribution is -2.39. The van der Waals surface area contributed by atoms with Crippen LogP contribution in [0, 0.1) is 18.3 Å². The summed E-state index contributed by atoms with van der Waals surface area (Å²) in [6.45, 7) is 2.25. The molecule has 1 aliphatic carbocycles. The SMILES string of the molecule is Cc1cc(C(=O)N2C[C@@H]3CCC[C@@]3(C(=O)O)C2)nc2c1c(=O)n(C)c(=O)n2C. The highest BCUT2D eigenvalue weighted by atomic mass is 16.4. The standard InChI is InChI=1S/C19H22N4O5/c1-10-7-12(20-14-13(10)16(25)22(3)18(28)21(14)2)15(24)23-8-11-5-4-6-19(11,9-23)17(26)27/h7,11H,4-6,8-9H2,1-3H3,(H,26,27)/t11-,19+/m0/s1. The summed E-state index contributed by atoms with van der Waals surface area (Å²) in [5.41, 5.74) is -1.02. The summed E-state index contributed by atoms with van der Waals surface area (Å²) in [7, 11) is 2.90. The Kier molecular flexibility index (Phi) is 3.95. The average Bonchev–Trinajstić information content (AvgIpc) is 3.22. The minimum absolute atomic E-state index is 0.0489. The van der Waals surface area contributed by atoms with E-state index in [2.05, 4.69) is 4.98 Å². The third kappa shape index (κ3) is 2.35. The van der Waals surface area contributed by atoms with E-state index in [1.165, 1.54) is 24.7 Å². The molecule has 2 atom stereocenters. The number of amides is 1. The first-order valence-corrected chi connectivity index (χ1v) is 9.27. The van der Waals surface area contributed by atoms with Gasteiger partial charge >= 0.3 is 11.7 Å². The highest BCUT2D eigenvalue weighted by Gasteiger charge is 2.56. The van der Waals surface area contributed by atoms with E-state index in [9.17, 15) is 24.3 Å². The van der Waals surface area contributed by atoms with Crippen molar-refractivity contribution in [1.29, 1.82) is 0 Å². The van der Waals surface area contributed by atoms with Crippen LogP contribution in [0.1, 0.15) is 35.3 Å². The summed E-state index contributed by atoms with van der Waals surface area (Å²) >= 11 is 0. The zero-order chi connectivity index (χ0) is 20.4. The van der Waals surface area contributed by atoms with Gasteiger partial charge in [0.25, 0.3) is 11.5 Å². The molecule has 3 heterocycles. The number of aryl methyl sites for hydroxylation is 2. The van der Waals surface area contributed by atoms with Gasteiger partial charge in [0.15, 0.2) is 0 Å². The molecule has 2 aromatic rings. The van der Waals surface area contributed by atoms with Crippen LogP contribution in [0.15, 0.2) is 15.7 Å². The number of carbonyl (C=O) groups is 2. The Morgan fingerprint density at radius 1 is 1.25 bits per heavy atom. The molecule has 4 rings (SSSR count). The molecule has 1 saturated carbocycles. The molecule has 9 nitrogen and oxygen atoms in total. The molecule has 2 aliphatic rings. The maximum absolute atomic E-state index is 13.1. The number of hydrogen-bond donors (Lipinski definition) is 1. The second kappa shape index (κ2) is 6.02. The van der Waals surface area contributed by atoms with Crippen LogP contribution in [0.5, 0.6) is 0 Å². The monoisotopic (exact) mass is 386 g/mol. The quantitative estimate of drug-likeness (QED) is 0.792. The van der Waals surface area contributed by atoms with Gasteiger partial charge in [0, 0.05) is 27.2 Å². The van der Waals surface area contributed by atoms with Crippen LogP contribution in [0.4, 0.5) is 0 Å². The molecule has 0 aromatic carbocycles. The number of rotatable bonds is 2. The Balaban J connectivity index is 1.78. The molecule has 1 saturated heterocycles. The van der Waals surface area contributed by atoms with Crippen molar-refractivity contribution in [3.05, 3.63) is 38.2 Å². The number of pyridine rings is 1. The minimum Gasteiger partial charge on any atom is -0.481 e. The summed E-state index contributed by atoms with van der Waals surface area (Å²) in [5, 5.41) is 10.0. The topological polar surface area (TPSA) is 114 Å². The smallest absolute Gasteiger partial charge is 0.332 e. The molecule has 0 unspecified atom stereocenters. The number of aliphatic carboxylic acids is 1. The van der Waals surface area contributed by atoms with E-state index in [0.717, 1.165) is 17.4 Å². The molecule has 148 valence electrons. The Labute approximate surface area is 160 Å². The number of carboxylic acid groups (broad SMARTS) is 1. The molecule has 0 bridgehead atoms. The highest BCUT2D eigenvalue weighted by Crippen LogP contribution is 2.49. The van der Waals surface area contributed by atoms with Crippen molar-refractivity contribution in [1.82, 2.24) is 19.0 Å². The van der Waals surface area contributed by atoms with Gasteiger partial charge in [-0.2, -0.15) is 0 Å². The van der Waals surface area contributed by atoms with Crippen LogP contribution in [-0.2, 0) is 18.9 Å². The number of fused-ring (bicyclic) bond motifs is 2. The van der Waals surface area contributed by atoms with E-state index in [1.807, 2.05) is 0 Å². The summed E-state index contributed by atoms with van der Waals surface area (Å²) in [4.78, 5) is 55.5. The van der Waals surface area contributed by atoms with Crippen LogP contribution in [-0.4, -0.2) is 49.1 Å². The zero-order valence-corrected chi connectivity index (χ0v) is 16.1. The second-order valence-corrected chi connectivity index (χ2v) is 7.96. The molecule has 2 fully saturated rings. The lowest BCUT2D eigenvalue weighted by atomic mass is 9.81. The van der Waals surface area contributed by atoms with Crippen LogP contribution >= 0.6 is 0 Å². The van der Waals surface area contributed by atoms with Gasteiger partial charge in [-0.25, -0.2) is 9.78 Å². The molecule has 1 N–H and O–H groups in total. The number of hydrogen-bond acceptors (Lipinski definition) is 5. The fraction of sp³-hybridized carbons (Fsp3) is 0.526. The Morgan fingerprint density at radius 3 is 2.61 bits per heavy atom. The third-order valence-corrected chi connectivity index (χ3v) is 6.41. The number of carbonyl (C=O) groups excluding carboxylic acids is 1. The van der Waals surface area contributed by atoms with Gasteiger partial charge in [0.1, 0.15) is 11.3 Å². The summed E-state index contributed by atoms with van der Waals surface area (Å²) < 4.78 is 2.26. The van der Waals surface area contributed by atoms with E-state index in [-0.39, 0.29) is 29.7 Å². The lowest BCUT2D eigenvalue weighted by Gasteiger charge is -2.23. The molecule has 1 amide bonds. The van der Waals surface area contributed by atoms with E-state index >= 15 is 0 Å². The van der Waals surface area contributed by atoms with Crippen molar-refractivity contribution in [3.8, 4) is 0 Å². The summed E-state index contributed by atoms with van der Waals surface area (Å²) in [6.07, 6.45) is 2.23. The number of likely N-dealkylation sites (tertiary alicyclic amines) is 1. The number of carboxylic acids is 1. The molecular formula is C19H22N4O5. The van der Waals surface area contributed by atoms with Crippen molar-refractivity contribution < 1.29 is 14.7 Å². The summed E-state index contributed by atoms with van der Waals surface area (Å²) in [6, 6.07) is 1.54. The summed E-state index contributed by atoms with van der Waals surface area (Å²) in [5.74, 6) is -1.26. The Morgan fingerprint density at radius 2 is 1.96 bits per heavy atom. The first kappa shape index (κ1) is 18.4. The fourth-order valence-electron chi connectivity index (χ4n) is 4.80. The van der Waals surface area contributed by atoms with Crippen molar-refractivity contribution in [2.75, 3.05) is 13.1 Å². The van der Waals surface area contributed by atoms with Gasteiger partial charge < -0.3 is 10.0 Å². The van der Waals surface area contributed by atoms with Crippen LogP contribution in [0.2, 0.25) is 0 Å². The van der Waals surface area contributed by atoms with Crippen LogP contribution < -0.4 is 11.2 Å². The Hall–Kier alpha value is -2.97. The molecule has 0 radical (unpaired) electrons. The third-order valence-electron chi connectivity index (χ3n) is 6.41. The van der Waals surface area contributed by atoms with Crippen molar-refractivity contribution in [3.63, 3.8) is 0 Å².